The topological polar surface area (TPSA) is 76.6 Å². The van der Waals surface area contributed by atoms with E-state index in [0.717, 1.165) is 58.2 Å². The van der Waals surface area contributed by atoms with Gasteiger partial charge in [0.25, 0.3) is 5.91 Å². The van der Waals surface area contributed by atoms with Gasteiger partial charge in [0.15, 0.2) is 0 Å². The van der Waals surface area contributed by atoms with Crippen molar-refractivity contribution in [2.75, 3.05) is 31.7 Å². The first-order valence-electron chi connectivity index (χ1n) is 11.5. The molecule has 0 radical (unpaired) electrons. The number of halogens is 1. The number of fused-ring (bicyclic) bond motifs is 2. The number of hydrogen-bond acceptors (Lipinski definition) is 7. The first kappa shape index (κ1) is 22.0. The van der Waals surface area contributed by atoms with E-state index in [9.17, 15) is 4.79 Å². The molecule has 0 atom stereocenters. The van der Waals surface area contributed by atoms with Gasteiger partial charge in [-0.2, -0.15) is 0 Å². The van der Waals surface area contributed by atoms with Crippen LogP contribution in [0.4, 0.5) is 5.95 Å². The largest absolute Gasteiger partial charge is 0.381 e. The van der Waals surface area contributed by atoms with Gasteiger partial charge in [0, 0.05) is 41.9 Å². The molecule has 3 aliphatic rings. The third-order valence-electron chi connectivity index (χ3n) is 6.90. The number of nitrogens with one attached hydrogen (secondary N) is 1. The number of thiophene rings is 1. The second kappa shape index (κ2) is 8.61. The summed E-state index contributed by atoms with van der Waals surface area (Å²) in [5.41, 5.74) is 3.20. The van der Waals surface area contributed by atoms with Crippen molar-refractivity contribution in [1.29, 1.82) is 0 Å². The van der Waals surface area contributed by atoms with E-state index in [1.54, 1.807) is 17.5 Å². The van der Waals surface area contributed by atoms with Gasteiger partial charge in [0.05, 0.1) is 29.3 Å². The molecule has 3 aliphatic heterocycles. The Morgan fingerprint density at radius 3 is 2.79 bits per heavy atom. The van der Waals surface area contributed by atoms with E-state index in [4.69, 9.17) is 26.1 Å². The summed E-state index contributed by atoms with van der Waals surface area (Å²) in [6.07, 6.45) is 3.67. The van der Waals surface area contributed by atoms with Crippen molar-refractivity contribution in [3.05, 3.63) is 63.1 Å². The maximum atomic E-state index is 13.7. The highest BCUT2D eigenvalue weighted by atomic mass is 35.5. The Hall–Kier alpha value is -2.52. The fourth-order valence-corrected chi connectivity index (χ4v) is 6.65. The minimum absolute atomic E-state index is 0.0490. The SMILES string of the molecule is Cc1c(-c2ccnc(NC3CCOCC3)n2)sc2c1C(=O)N(Cc1cccc(Cl)c1)C21COC1. The van der Waals surface area contributed by atoms with Gasteiger partial charge in [-0.15, -0.1) is 11.3 Å². The summed E-state index contributed by atoms with van der Waals surface area (Å²) in [6.45, 7) is 5.05. The average Bonchev–Trinajstić information content (AvgIpc) is 3.27. The third-order valence-corrected chi connectivity index (χ3v) is 8.64. The fraction of sp³-hybridized carbons (Fsp3) is 0.400. The highest BCUT2D eigenvalue weighted by Crippen LogP contribution is 2.52. The number of benzene rings is 1. The Bertz CT molecular complexity index is 1250. The van der Waals surface area contributed by atoms with Gasteiger partial charge in [0.2, 0.25) is 5.95 Å². The molecule has 1 spiro atoms. The van der Waals surface area contributed by atoms with Crippen LogP contribution in [0, 0.1) is 6.92 Å². The van der Waals surface area contributed by atoms with E-state index < -0.39 is 5.54 Å². The Kier molecular flexibility index (Phi) is 5.56. The second-order valence-electron chi connectivity index (χ2n) is 9.10. The van der Waals surface area contributed by atoms with Gasteiger partial charge < -0.3 is 19.7 Å². The van der Waals surface area contributed by atoms with Crippen molar-refractivity contribution in [3.8, 4) is 10.6 Å². The normalized spacial score (nSPS) is 19.4. The van der Waals surface area contributed by atoms with Crippen LogP contribution in [0.2, 0.25) is 5.02 Å². The van der Waals surface area contributed by atoms with Crippen LogP contribution in [0.25, 0.3) is 10.6 Å². The lowest BCUT2D eigenvalue weighted by Gasteiger charge is -2.45. The molecule has 3 aromatic rings. The average molecular weight is 497 g/mol. The molecule has 34 heavy (non-hydrogen) atoms. The standard InChI is InChI=1S/C25H25ClN4O3S/c1-15-20-22(25(13-33-14-25)30(23(20)31)12-16-3-2-4-17(26)11-16)34-21(15)19-5-8-27-24(29-19)28-18-6-9-32-10-7-18/h2-5,8,11,18H,6-7,9-10,12-14H2,1H3,(H,27,28,29). The van der Waals surface area contributed by atoms with E-state index in [1.807, 2.05) is 42.2 Å². The quantitative estimate of drug-likeness (QED) is 0.554. The zero-order chi connectivity index (χ0) is 23.3. The molecule has 2 aromatic heterocycles. The van der Waals surface area contributed by atoms with E-state index in [-0.39, 0.29) is 5.91 Å². The fourth-order valence-electron chi connectivity index (χ4n) is 5.00. The van der Waals surface area contributed by atoms with Gasteiger partial charge in [-0.3, -0.25) is 4.79 Å². The number of aromatic nitrogens is 2. The van der Waals surface area contributed by atoms with E-state index in [2.05, 4.69) is 10.3 Å². The molecular weight excluding hydrogens is 472 g/mol. The summed E-state index contributed by atoms with van der Waals surface area (Å²) in [6, 6.07) is 9.92. The van der Waals surface area contributed by atoms with Crippen molar-refractivity contribution >= 4 is 34.8 Å². The lowest BCUT2D eigenvalue weighted by molar-refractivity contribution is -0.126. The van der Waals surface area contributed by atoms with Crippen LogP contribution in [0.3, 0.4) is 0 Å². The smallest absolute Gasteiger partial charge is 0.256 e. The highest BCUT2D eigenvalue weighted by molar-refractivity contribution is 7.16. The Balaban J connectivity index is 1.32. The minimum atomic E-state index is -0.418. The maximum Gasteiger partial charge on any atom is 0.256 e. The van der Waals surface area contributed by atoms with Crippen LogP contribution in [-0.4, -0.2) is 53.2 Å². The molecule has 2 saturated heterocycles. The van der Waals surface area contributed by atoms with Crippen LogP contribution in [0.15, 0.2) is 36.5 Å². The molecule has 1 N–H and O–H groups in total. The van der Waals surface area contributed by atoms with Gasteiger partial charge in [0.1, 0.15) is 5.54 Å². The molecule has 1 aromatic carbocycles. The Labute approximate surface area is 207 Å². The molecule has 0 saturated carbocycles. The zero-order valence-corrected chi connectivity index (χ0v) is 20.4. The highest BCUT2D eigenvalue weighted by Gasteiger charge is 2.57. The molecule has 6 rings (SSSR count). The molecule has 9 heteroatoms. The van der Waals surface area contributed by atoms with Crippen LogP contribution in [0.5, 0.6) is 0 Å². The first-order valence-corrected chi connectivity index (χ1v) is 12.7. The van der Waals surface area contributed by atoms with Crippen molar-refractivity contribution in [2.24, 2.45) is 0 Å². The minimum Gasteiger partial charge on any atom is -0.381 e. The second-order valence-corrected chi connectivity index (χ2v) is 10.6. The van der Waals surface area contributed by atoms with Gasteiger partial charge in [-0.1, -0.05) is 23.7 Å². The first-order chi connectivity index (χ1) is 16.5. The number of nitrogens with zero attached hydrogens (tertiary/aromatic N) is 3. The molecule has 0 bridgehead atoms. The summed E-state index contributed by atoms with van der Waals surface area (Å²) in [5, 5.41) is 4.11. The molecular formula is C25H25ClN4O3S. The Morgan fingerprint density at radius 2 is 2.06 bits per heavy atom. The Morgan fingerprint density at radius 1 is 1.24 bits per heavy atom. The predicted molar refractivity (Wildman–Crippen MR) is 131 cm³/mol. The molecule has 0 unspecified atom stereocenters. The van der Waals surface area contributed by atoms with E-state index in [1.165, 1.54) is 0 Å². The van der Waals surface area contributed by atoms with Crippen LogP contribution >= 0.6 is 22.9 Å². The van der Waals surface area contributed by atoms with Crippen molar-refractivity contribution < 1.29 is 14.3 Å². The van der Waals surface area contributed by atoms with E-state index in [0.29, 0.717) is 36.8 Å². The lowest BCUT2D eigenvalue weighted by atomic mass is 9.94. The van der Waals surface area contributed by atoms with Crippen molar-refractivity contribution in [3.63, 3.8) is 0 Å². The van der Waals surface area contributed by atoms with Crippen LogP contribution in [-0.2, 0) is 21.6 Å². The van der Waals surface area contributed by atoms with Crippen molar-refractivity contribution in [1.82, 2.24) is 14.9 Å². The number of carbonyl (C=O) groups excluding carboxylic acids is 1. The number of carbonyl (C=O) groups is 1. The van der Waals surface area contributed by atoms with Gasteiger partial charge in [-0.05, 0) is 49.1 Å². The van der Waals surface area contributed by atoms with Crippen molar-refractivity contribution in [2.45, 2.75) is 37.9 Å². The number of anilines is 1. The molecule has 7 nitrogen and oxygen atoms in total. The number of hydrogen-bond donors (Lipinski definition) is 1. The summed E-state index contributed by atoms with van der Waals surface area (Å²) in [4.78, 5) is 27.0. The predicted octanol–water partition coefficient (Wildman–Crippen LogP) is 4.64. The summed E-state index contributed by atoms with van der Waals surface area (Å²) in [5.74, 6) is 0.667. The lowest BCUT2D eigenvalue weighted by Crippen LogP contribution is -2.56. The molecule has 176 valence electrons. The molecule has 5 heterocycles. The molecule has 2 fully saturated rings. The van der Waals surface area contributed by atoms with Gasteiger partial charge in [-0.25, -0.2) is 9.97 Å². The molecule has 0 aliphatic carbocycles. The number of rotatable bonds is 5. The third kappa shape index (κ3) is 3.60. The van der Waals surface area contributed by atoms with Crippen LogP contribution in [0.1, 0.15) is 39.2 Å². The maximum absolute atomic E-state index is 13.7. The van der Waals surface area contributed by atoms with Gasteiger partial charge >= 0.3 is 0 Å². The summed E-state index contributed by atoms with van der Waals surface area (Å²) >= 11 is 7.85. The molecule has 1 amide bonds. The number of ether oxygens (including phenoxy) is 2. The summed E-state index contributed by atoms with van der Waals surface area (Å²) in [7, 11) is 0. The zero-order valence-electron chi connectivity index (χ0n) is 18.8. The summed E-state index contributed by atoms with van der Waals surface area (Å²) < 4.78 is 11.1. The van der Waals surface area contributed by atoms with E-state index >= 15 is 0 Å². The number of amides is 1. The monoisotopic (exact) mass is 496 g/mol. The van der Waals surface area contributed by atoms with Crippen LogP contribution < -0.4 is 5.32 Å².